The van der Waals surface area contributed by atoms with E-state index < -0.39 is 4.92 Å². The lowest BCUT2D eigenvalue weighted by molar-refractivity contribution is -0.389. The molecule has 1 aromatic rings. The Balaban J connectivity index is 1.82. The molecule has 2 atom stereocenters. The Labute approximate surface area is 92.0 Å². The fourth-order valence-corrected chi connectivity index (χ4v) is 2.37. The molecule has 0 aromatic carbocycles. The van der Waals surface area contributed by atoms with Crippen molar-refractivity contribution in [3.05, 3.63) is 28.4 Å². The lowest BCUT2D eigenvalue weighted by Gasteiger charge is -2.27. The Bertz CT molecular complexity index is 420. The minimum Gasteiger partial charge on any atom is -0.374 e. The maximum Gasteiger partial charge on any atom is 0.363 e. The summed E-state index contributed by atoms with van der Waals surface area (Å²) in [6.45, 7) is 1.62. The largest absolute Gasteiger partial charge is 0.374 e. The van der Waals surface area contributed by atoms with Crippen molar-refractivity contribution >= 4 is 11.5 Å². The summed E-state index contributed by atoms with van der Waals surface area (Å²) >= 11 is 0. The van der Waals surface area contributed by atoms with Crippen molar-refractivity contribution in [1.29, 1.82) is 0 Å². The normalized spacial score (nSPS) is 27.4. The first-order valence-electron chi connectivity index (χ1n) is 5.23. The highest BCUT2D eigenvalue weighted by Crippen LogP contribution is 2.32. The Kier molecular flexibility index (Phi) is 2.03. The maximum absolute atomic E-state index is 10.5. The number of nitro groups is 1. The van der Waals surface area contributed by atoms with Crippen LogP contribution in [0.2, 0.25) is 0 Å². The van der Waals surface area contributed by atoms with Crippen LogP contribution in [0.5, 0.6) is 0 Å². The first-order chi connectivity index (χ1) is 7.74. The SMILES string of the molecule is O=[N+]([O-])c1ccc(N2CC3CC2CO3)cn1. The second-order valence-corrected chi connectivity index (χ2v) is 4.13. The van der Waals surface area contributed by atoms with E-state index in [1.165, 1.54) is 6.07 Å². The van der Waals surface area contributed by atoms with Gasteiger partial charge in [-0.25, -0.2) is 0 Å². The van der Waals surface area contributed by atoms with E-state index >= 15 is 0 Å². The molecule has 0 spiro atoms. The lowest BCUT2D eigenvalue weighted by Crippen LogP contribution is -2.36. The van der Waals surface area contributed by atoms with Gasteiger partial charge in [0.1, 0.15) is 0 Å². The van der Waals surface area contributed by atoms with Gasteiger partial charge in [-0.1, -0.05) is 0 Å². The molecule has 1 aromatic heterocycles. The predicted octanol–water partition coefficient (Wildman–Crippen LogP) is 0.967. The van der Waals surface area contributed by atoms with Gasteiger partial charge in [0.2, 0.25) is 0 Å². The average Bonchev–Trinajstić information content (AvgIpc) is 2.91. The van der Waals surface area contributed by atoms with E-state index in [9.17, 15) is 10.1 Å². The number of rotatable bonds is 2. The molecule has 6 heteroatoms. The zero-order valence-corrected chi connectivity index (χ0v) is 8.57. The minimum absolute atomic E-state index is 0.107. The van der Waals surface area contributed by atoms with E-state index in [1.54, 1.807) is 12.3 Å². The maximum atomic E-state index is 10.5. The van der Waals surface area contributed by atoms with E-state index in [4.69, 9.17) is 4.74 Å². The molecule has 2 fully saturated rings. The third-order valence-electron chi connectivity index (χ3n) is 3.15. The van der Waals surface area contributed by atoms with Crippen LogP contribution >= 0.6 is 0 Å². The molecule has 16 heavy (non-hydrogen) atoms. The molecule has 84 valence electrons. The minimum atomic E-state index is -0.483. The molecular formula is C10H11N3O3. The summed E-state index contributed by atoms with van der Waals surface area (Å²) in [5.41, 5.74) is 0.946. The summed E-state index contributed by atoms with van der Waals surface area (Å²) in [5.74, 6) is -0.107. The molecule has 0 saturated carbocycles. The summed E-state index contributed by atoms with van der Waals surface area (Å²) < 4.78 is 5.50. The zero-order chi connectivity index (χ0) is 11.1. The predicted molar refractivity (Wildman–Crippen MR) is 56.4 cm³/mol. The van der Waals surface area contributed by atoms with Crippen LogP contribution in [0.25, 0.3) is 0 Å². The summed E-state index contributed by atoms with van der Waals surface area (Å²) in [5, 5.41) is 10.5. The van der Waals surface area contributed by atoms with Crippen LogP contribution in [0.1, 0.15) is 6.42 Å². The summed E-state index contributed by atoms with van der Waals surface area (Å²) in [7, 11) is 0. The van der Waals surface area contributed by atoms with Crippen molar-refractivity contribution < 1.29 is 9.66 Å². The molecule has 0 radical (unpaired) electrons. The van der Waals surface area contributed by atoms with Crippen LogP contribution in [-0.4, -0.2) is 35.2 Å². The fourth-order valence-electron chi connectivity index (χ4n) is 2.37. The lowest BCUT2D eigenvalue weighted by atomic mass is 10.2. The molecule has 2 aliphatic heterocycles. The van der Waals surface area contributed by atoms with Gasteiger partial charge in [0.25, 0.3) is 0 Å². The summed E-state index contributed by atoms with van der Waals surface area (Å²) in [6, 6.07) is 3.61. The van der Waals surface area contributed by atoms with Crippen molar-refractivity contribution in [3.8, 4) is 0 Å². The Morgan fingerprint density at radius 3 is 2.94 bits per heavy atom. The first-order valence-corrected chi connectivity index (χ1v) is 5.23. The molecular weight excluding hydrogens is 210 g/mol. The van der Waals surface area contributed by atoms with Crippen LogP contribution in [0.15, 0.2) is 18.3 Å². The van der Waals surface area contributed by atoms with Gasteiger partial charge in [-0.2, -0.15) is 0 Å². The van der Waals surface area contributed by atoms with Crippen molar-refractivity contribution in [2.75, 3.05) is 18.1 Å². The Morgan fingerprint density at radius 1 is 1.56 bits per heavy atom. The highest BCUT2D eigenvalue weighted by atomic mass is 16.6. The van der Waals surface area contributed by atoms with Gasteiger partial charge in [-0.15, -0.1) is 0 Å². The van der Waals surface area contributed by atoms with Gasteiger partial charge in [0.15, 0.2) is 6.20 Å². The molecule has 2 bridgehead atoms. The van der Waals surface area contributed by atoms with Crippen LogP contribution in [0.3, 0.4) is 0 Å². The number of hydrogen-bond acceptors (Lipinski definition) is 5. The molecule has 2 aliphatic rings. The van der Waals surface area contributed by atoms with Gasteiger partial charge >= 0.3 is 5.82 Å². The number of ether oxygens (including phenoxy) is 1. The van der Waals surface area contributed by atoms with E-state index in [0.717, 1.165) is 25.3 Å². The number of morpholine rings is 1. The quantitative estimate of drug-likeness (QED) is 0.549. The second-order valence-electron chi connectivity index (χ2n) is 4.13. The van der Waals surface area contributed by atoms with E-state index in [0.29, 0.717) is 12.1 Å². The fraction of sp³-hybridized carbons (Fsp3) is 0.500. The molecule has 0 amide bonds. The van der Waals surface area contributed by atoms with Gasteiger partial charge in [-0.05, 0) is 22.4 Å². The number of aromatic nitrogens is 1. The van der Waals surface area contributed by atoms with Gasteiger partial charge < -0.3 is 19.8 Å². The number of hydrogen-bond donors (Lipinski definition) is 0. The topological polar surface area (TPSA) is 68.5 Å². The Hall–Kier alpha value is -1.69. The number of anilines is 1. The number of nitrogens with zero attached hydrogens (tertiary/aromatic N) is 3. The average molecular weight is 221 g/mol. The molecule has 2 saturated heterocycles. The van der Waals surface area contributed by atoms with Gasteiger partial charge in [0.05, 0.1) is 24.4 Å². The van der Waals surface area contributed by atoms with E-state index in [1.807, 2.05) is 0 Å². The monoisotopic (exact) mass is 221 g/mol. The number of fused-ring (bicyclic) bond motifs is 2. The van der Waals surface area contributed by atoms with Crippen LogP contribution in [0.4, 0.5) is 11.5 Å². The highest BCUT2D eigenvalue weighted by Gasteiger charge is 2.39. The molecule has 2 unspecified atom stereocenters. The van der Waals surface area contributed by atoms with Crippen molar-refractivity contribution in [3.63, 3.8) is 0 Å². The Morgan fingerprint density at radius 2 is 2.44 bits per heavy atom. The van der Waals surface area contributed by atoms with Crippen LogP contribution < -0.4 is 4.90 Å². The zero-order valence-electron chi connectivity index (χ0n) is 8.57. The van der Waals surface area contributed by atoms with E-state index in [-0.39, 0.29) is 5.82 Å². The third-order valence-corrected chi connectivity index (χ3v) is 3.15. The highest BCUT2D eigenvalue weighted by molar-refractivity contribution is 5.49. The van der Waals surface area contributed by atoms with Gasteiger partial charge in [-0.3, -0.25) is 0 Å². The first kappa shape index (κ1) is 9.53. The van der Waals surface area contributed by atoms with Crippen LogP contribution in [-0.2, 0) is 4.74 Å². The second kappa shape index (κ2) is 3.41. The number of pyridine rings is 1. The van der Waals surface area contributed by atoms with Crippen molar-refractivity contribution in [1.82, 2.24) is 4.98 Å². The summed E-state index contributed by atoms with van der Waals surface area (Å²) in [6.07, 6.45) is 2.94. The van der Waals surface area contributed by atoms with Crippen molar-refractivity contribution in [2.24, 2.45) is 0 Å². The van der Waals surface area contributed by atoms with Gasteiger partial charge in [0, 0.05) is 12.6 Å². The third kappa shape index (κ3) is 1.42. The standard InChI is InChI=1S/C10H11N3O3/c14-13(15)10-2-1-7(4-11-10)12-5-9-3-8(12)6-16-9/h1-2,4,8-9H,3,5-6H2. The molecule has 0 aliphatic carbocycles. The molecule has 3 rings (SSSR count). The van der Waals surface area contributed by atoms with E-state index in [2.05, 4.69) is 9.88 Å². The van der Waals surface area contributed by atoms with Crippen molar-refractivity contribution in [2.45, 2.75) is 18.6 Å². The summed E-state index contributed by atoms with van der Waals surface area (Å²) in [4.78, 5) is 16.0. The molecule has 0 N–H and O–H groups in total. The molecule has 3 heterocycles. The molecule has 6 nitrogen and oxygen atoms in total. The smallest absolute Gasteiger partial charge is 0.363 e. The van der Waals surface area contributed by atoms with Crippen LogP contribution in [0, 0.1) is 10.1 Å².